The highest BCUT2D eigenvalue weighted by atomic mass is 32.2. The Balaban J connectivity index is 1.42. The first-order valence-electron chi connectivity index (χ1n) is 10.4. The van der Waals surface area contributed by atoms with Gasteiger partial charge in [0, 0.05) is 35.0 Å². The molecule has 0 aromatic carbocycles. The zero-order chi connectivity index (χ0) is 25.7. The van der Waals surface area contributed by atoms with E-state index < -0.39 is 34.6 Å². The summed E-state index contributed by atoms with van der Waals surface area (Å²) in [5.74, 6) is -1.88. The van der Waals surface area contributed by atoms with Gasteiger partial charge in [0.2, 0.25) is 12.3 Å². The SMILES string of the molecule is CON=C(C(=O)NC1C(=O)N2CC(C=CSc3cccnc3)(C(=O)O)CS[C@H]12)c1csc(NC=O)n1. The van der Waals surface area contributed by atoms with E-state index in [1.807, 2.05) is 6.07 Å². The Labute approximate surface area is 217 Å². The summed E-state index contributed by atoms with van der Waals surface area (Å²) in [7, 11) is 1.27. The standard InChI is InChI=1S/C21H20N6O6S3/c1-33-26-14(13-8-35-20(24-13)23-11-28)16(29)25-15-17(30)27-9-21(19(31)32,10-36-18(15)27)4-6-34-12-3-2-5-22-7-12/h2-8,11,15,18H,9-10H2,1H3,(H,25,29)(H,31,32)(H,23,24,28)/t15?,18-,21?/m1/s1. The van der Waals surface area contributed by atoms with E-state index in [0.29, 0.717) is 6.41 Å². The van der Waals surface area contributed by atoms with E-state index in [9.17, 15) is 24.3 Å². The van der Waals surface area contributed by atoms with Gasteiger partial charge in [-0.1, -0.05) is 23.0 Å². The molecule has 2 aromatic heterocycles. The fourth-order valence-corrected chi connectivity index (χ4v) is 6.49. The zero-order valence-corrected chi connectivity index (χ0v) is 21.1. The average Bonchev–Trinajstić information content (AvgIpc) is 3.34. The third-order valence-corrected chi connectivity index (χ3v) is 8.48. The molecule has 36 heavy (non-hydrogen) atoms. The number of amides is 3. The van der Waals surface area contributed by atoms with Crippen LogP contribution in [0.4, 0.5) is 5.13 Å². The monoisotopic (exact) mass is 548 g/mol. The molecule has 0 radical (unpaired) electrons. The number of β-lactam (4-membered cyclic amide) rings is 1. The number of hydrogen-bond donors (Lipinski definition) is 3. The number of carboxylic acids is 1. The summed E-state index contributed by atoms with van der Waals surface area (Å²) in [5, 5.41) is 21.8. The van der Waals surface area contributed by atoms with Crippen LogP contribution in [0, 0.1) is 5.41 Å². The first-order valence-corrected chi connectivity index (χ1v) is 13.2. The van der Waals surface area contributed by atoms with Gasteiger partial charge in [0.25, 0.3) is 5.91 Å². The lowest BCUT2D eigenvalue weighted by Gasteiger charge is -2.53. The number of rotatable bonds is 10. The second-order valence-corrected chi connectivity index (χ2v) is 10.6. The Bertz CT molecular complexity index is 1220. The molecule has 188 valence electrons. The van der Waals surface area contributed by atoms with Gasteiger partial charge in [0.05, 0.1) is 0 Å². The second-order valence-electron chi connectivity index (χ2n) is 7.61. The molecule has 0 aliphatic carbocycles. The molecule has 2 unspecified atom stereocenters. The largest absolute Gasteiger partial charge is 0.481 e. The number of nitrogens with zero attached hydrogens (tertiary/aromatic N) is 4. The van der Waals surface area contributed by atoms with Crippen LogP contribution >= 0.6 is 34.9 Å². The topological polar surface area (TPSA) is 163 Å². The Morgan fingerprint density at radius 2 is 2.28 bits per heavy atom. The normalized spacial score (nSPS) is 23.5. The number of oxime groups is 1. The summed E-state index contributed by atoms with van der Waals surface area (Å²) in [5.41, 5.74) is -1.24. The summed E-state index contributed by atoms with van der Waals surface area (Å²) in [6, 6.07) is 2.80. The summed E-state index contributed by atoms with van der Waals surface area (Å²) >= 11 is 3.72. The predicted molar refractivity (Wildman–Crippen MR) is 135 cm³/mol. The lowest BCUT2D eigenvalue weighted by molar-refractivity contribution is -0.156. The molecule has 2 saturated heterocycles. The van der Waals surface area contributed by atoms with Crippen molar-refractivity contribution in [3.63, 3.8) is 0 Å². The van der Waals surface area contributed by atoms with E-state index in [0.717, 1.165) is 16.2 Å². The smallest absolute Gasteiger partial charge is 0.316 e. The molecule has 2 fully saturated rings. The molecule has 15 heteroatoms. The molecule has 3 amide bonds. The van der Waals surface area contributed by atoms with Crippen molar-refractivity contribution in [2.24, 2.45) is 10.6 Å². The minimum atomic E-state index is -1.26. The van der Waals surface area contributed by atoms with Gasteiger partial charge in [-0.3, -0.25) is 24.2 Å². The maximum atomic E-state index is 12.9. The number of aromatic nitrogens is 2. The van der Waals surface area contributed by atoms with E-state index >= 15 is 0 Å². The van der Waals surface area contributed by atoms with Crippen molar-refractivity contribution in [2.45, 2.75) is 16.3 Å². The van der Waals surface area contributed by atoms with E-state index in [1.165, 1.54) is 40.9 Å². The highest BCUT2D eigenvalue weighted by Crippen LogP contribution is 2.43. The molecule has 2 aliphatic heterocycles. The van der Waals surface area contributed by atoms with Crippen LogP contribution < -0.4 is 10.6 Å². The molecular weight excluding hydrogens is 528 g/mol. The second kappa shape index (κ2) is 11.1. The fraction of sp³-hybridized carbons (Fsp3) is 0.286. The first kappa shape index (κ1) is 25.7. The molecular formula is C21H20N6O6S3. The van der Waals surface area contributed by atoms with Crippen molar-refractivity contribution in [2.75, 3.05) is 24.7 Å². The van der Waals surface area contributed by atoms with Crippen LogP contribution in [0.15, 0.2) is 51.4 Å². The van der Waals surface area contributed by atoms with Crippen LogP contribution in [0.2, 0.25) is 0 Å². The lowest BCUT2D eigenvalue weighted by Crippen LogP contribution is -2.73. The highest BCUT2D eigenvalue weighted by Gasteiger charge is 2.57. The zero-order valence-electron chi connectivity index (χ0n) is 18.7. The molecule has 3 atom stereocenters. The van der Waals surface area contributed by atoms with Crippen LogP contribution in [0.5, 0.6) is 0 Å². The van der Waals surface area contributed by atoms with Crippen molar-refractivity contribution < 1.29 is 29.1 Å². The van der Waals surface area contributed by atoms with Crippen molar-refractivity contribution in [1.29, 1.82) is 0 Å². The van der Waals surface area contributed by atoms with Gasteiger partial charge in [0.15, 0.2) is 10.8 Å². The maximum absolute atomic E-state index is 12.9. The number of anilines is 1. The summed E-state index contributed by atoms with van der Waals surface area (Å²) in [4.78, 5) is 63.8. The molecule has 4 heterocycles. The third kappa shape index (κ3) is 5.22. The minimum Gasteiger partial charge on any atom is -0.481 e. The number of carbonyl (C=O) groups is 4. The number of thiazole rings is 1. The average molecular weight is 549 g/mol. The van der Waals surface area contributed by atoms with E-state index in [4.69, 9.17) is 4.84 Å². The quantitative estimate of drug-likeness (QED) is 0.129. The Morgan fingerprint density at radius 3 is 2.97 bits per heavy atom. The molecule has 3 N–H and O–H groups in total. The van der Waals surface area contributed by atoms with Gasteiger partial charge in [-0.05, 0) is 17.5 Å². The Kier molecular flexibility index (Phi) is 7.91. The highest BCUT2D eigenvalue weighted by molar-refractivity contribution is 8.02. The number of nitrogens with one attached hydrogen (secondary N) is 2. The summed E-state index contributed by atoms with van der Waals surface area (Å²) in [6.45, 7) is -0.0128. The van der Waals surface area contributed by atoms with Crippen LogP contribution in [-0.4, -0.2) is 80.7 Å². The predicted octanol–water partition coefficient (Wildman–Crippen LogP) is 1.23. The molecule has 2 aromatic rings. The fourth-order valence-electron chi connectivity index (χ4n) is 3.56. The van der Waals surface area contributed by atoms with E-state index in [-0.39, 0.29) is 28.8 Å². The number of fused-ring (bicyclic) bond motifs is 1. The molecule has 2 aliphatic rings. The van der Waals surface area contributed by atoms with Crippen LogP contribution in [0.1, 0.15) is 5.69 Å². The third-order valence-electron chi connectivity index (χ3n) is 5.37. The summed E-state index contributed by atoms with van der Waals surface area (Å²) in [6.07, 6.45) is 5.39. The number of hydrogen-bond acceptors (Lipinski definition) is 11. The van der Waals surface area contributed by atoms with Gasteiger partial charge < -0.3 is 25.5 Å². The number of aliphatic carboxylic acids is 1. The van der Waals surface area contributed by atoms with Crippen LogP contribution in [-0.2, 0) is 24.0 Å². The number of pyridine rings is 1. The van der Waals surface area contributed by atoms with E-state index in [1.54, 1.807) is 29.9 Å². The van der Waals surface area contributed by atoms with Gasteiger partial charge in [-0.15, -0.1) is 23.1 Å². The minimum absolute atomic E-state index is 0.0128. The first-order chi connectivity index (χ1) is 17.4. The van der Waals surface area contributed by atoms with Gasteiger partial charge >= 0.3 is 5.97 Å². The number of carboxylic acid groups (broad SMARTS) is 1. The lowest BCUT2D eigenvalue weighted by atomic mass is 9.87. The van der Waals surface area contributed by atoms with Crippen molar-refractivity contribution >= 4 is 69.9 Å². The molecule has 0 bridgehead atoms. The maximum Gasteiger partial charge on any atom is 0.316 e. The number of thioether (sulfide) groups is 2. The molecule has 0 saturated carbocycles. The van der Waals surface area contributed by atoms with E-state index in [2.05, 4.69) is 25.8 Å². The molecule has 12 nitrogen and oxygen atoms in total. The number of carbonyl (C=O) groups excluding carboxylic acids is 3. The van der Waals surface area contributed by atoms with Gasteiger partial charge in [0.1, 0.15) is 29.6 Å². The van der Waals surface area contributed by atoms with Crippen molar-refractivity contribution in [1.82, 2.24) is 20.2 Å². The van der Waals surface area contributed by atoms with Crippen LogP contribution in [0.3, 0.4) is 0 Å². The van der Waals surface area contributed by atoms with Gasteiger partial charge in [-0.25, -0.2) is 4.98 Å². The Hall–Kier alpha value is -3.43. The van der Waals surface area contributed by atoms with Gasteiger partial charge in [-0.2, -0.15) is 0 Å². The molecule has 4 rings (SSSR count). The van der Waals surface area contributed by atoms with Crippen molar-refractivity contribution in [3.05, 3.63) is 47.1 Å². The van der Waals surface area contributed by atoms with Crippen LogP contribution in [0.25, 0.3) is 0 Å². The molecule has 0 spiro atoms. The summed E-state index contributed by atoms with van der Waals surface area (Å²) < 4.78 is 0. The Morgan fingerprint density at radius 1 is 1.44 bits per heavy atom. The van der Waals surface area contributed by atoms with Crippen molar-refractivity contribution in [3.8, 4) is 0 Å².